The van der Waals surface area contributed by atoms with Gasteiger partial charge in [0.2, 0.25) is 0 Å². The highest BCUT2D eigenvalue weighted by Crippen LogP contribution is 2.34. The van der Waals surface area contributed by atoms with Crippen LogP contribution < -0.4 is 5.32 Å². The van der Waals surface area contributed by atoms with Gasteiger partial charge in [-0.3, -0.25) is 0 Å². The van der Waals surface area contributed by atoms with E-state index in [1.807, 2.05) is 20.8 Å². The summed E-state index contributed by atoms with van der Waals surface area (Å²) in [5, 5.41) is 3.41. The number of rotatable bonds is 20. The van der Waals surface area contributed by atoms with Crippen LogP contribution in [0.2, 0.25) is 0 Å². The van der Waals surface area contributed by atoms with Gasteiger partial charge in [-0.1, -0.05) is 58.8 Å². The number of ether oxygens (including phenoxy) is 3. The van der Waals surface area contributed by atoms with Crippen molar-refractivity contribution in [3.8, 4) is 0 Å². The van der Waals surface area contributed by atoms with Crippen LogP contribution in [0.1, 0.15) is 98.8 Å². The summed E-state index contributed by atoms with van der Waals surface area (Å²) in [6.07, 6.45) is 12.5. The summed E-state index contributed by atoms with van der Waals surface area (Å²) >= 11 is 0. The van der Waals surface area contributed by atoms with E-state index in [9.17, 15) is 0 Å². The molecule has 0 spiro atoms. The fourth-order valence-corrected chi connectivity index (χ4v) is 3.57. The summed E-state index contributed by atoms with van der Waals surface area (Å²) < 4.78 is 18.3. The molecule has 0 aromatic heterocycles. The molecule has 4 heteroatoms. The molecule has 0 aromatic carbocycles. The van der Waals surface area contributed by atoms with E-state index in [1.165, 1.54) is 51.4 Å². The highest BCUT2D eigenvalue weighted by molar-refractivity contribution is 4.73. The Morgan fingerprint density at radius 2 is 1.15 bits per heavy atom. The third-order valence-electron chi connectivity index (χ3n) is 4.85. The van der Waals surface area contributed by atoms with Crippen LogP contribution in [-0.2, 0) is 14.2 Å². The smallest absolute Gasteiger partial charge is 0.285 e. The molecule has 0 saturated heterocycles. The minimum absolute atomic E-state index is 0.301. The zero-order chi connectivity index (χ0) is 19.5. The highest BCUT2D eigenvalue weighted by Gasteiger charge is 2.41. The van der Waals surface area contributed by atoms with E-state index in [0.717, 1.165) is 25.9 Å². The molecule has 0 fully saturated rings. The Morgan fingerprint density at radius 1 is 0.654 bits per heavy atom. The fourth-order valence-electron chi connectivity index (χ4n) is 3.57. The van der Waals surface area contributed by atoms with Gasteiger partial charge in [0, 0.05) is 25.7 Å². The molecular formula is C22H47NO3. The van der Waals surface area contributed by atoms with Gasteiger partial charge in [0.15, 0.2) is 0 Å². The average Bonchev–Trinajstić information content (AvgIpc) is 2.63. The van der Waals surface area contributed by atoms with Crippen molar-refractivity contribution < 1.29 is 14.2 Å². The van der Waals surface area contributed by atoms with E-state index in [4.69, 9.17) is 14.2 Å². The Morgan fingerprint density at radius 3 is 1.65 bits per heavy atom. The van der Waals surface area contributed by atoms with Crippen LogP contribution in [0.15, 0.2) is 0 Å². The molecule has 0 heterocycles. The van der Waals surface area contributed by atoms with Gasteiger partial charge >= 0.3 is 0 Å². The Balaban J connectivity index is 4.74. The van der Waals surface area contributed by atoms with Gasteiger partial charge in [-0.2, -0.15) is 0 Å². The first-order valence-corrected chi connectivity index (χ1v) is 11.3. The van der Waals surface area contributed by atoms with Crippen molar-refractivity contribution in [3.63, 3.8) is 0 Å². The molecule has 26 heavy (non-hydrogen) atoms. The second-order valence-corrected chi connectivity index (χ2v) is 7.01. The fraction of sp³-hybridized carbons (Fsp3) is 1.00. The zero-order valence-electron chi connectivity index (χ0n) is 18.4. The Hall–Kier alpha value is -0.160. The van der Waals surface area contributed by atoms with Gasteiger partial charge in [0.05, 0.1) is 0 Å². The van der Waals surface area contributed by atoms with Gasteiger partial charge in [-0.15, -0.1) is 0 Å². The Kier molecular flexibility index (Phi) is 18.1. The first-order chi connectivity index (χ1) is 12.7. The molecular weight excluding hydrogens is 326 g/mol. The summed E-state index contributed by atoms with van der Waals surface area (Å²) in [5.74, 6) is -0.560. The maximum atomic E-state index is 6.09. The lowest BCUT2D eigenvalue weighted by Gasteiger charge is -2.39. The van der Waals surface area contributed by atoms with Crippen LogP contribution in [-0.4, -0.2) is 38.9 Å². The van der Waals surface area contributed by atoms with Crippen LogP contribution in [0.3, 0.4) is 0 Å². The predicted molar refractivity (Wildman–Crippen MR) is 111 cm³/mol. The molecule has 1 N–H and O–H groups in total. The third kappa shape index (κ3) is 11.5. The van der Waals surface area contributed by atoms with Gasteiger partial charge in [0.1, 0.15) is 0 Å². The summed E-state index contributed by atoms with van der Waals surface area (Å²) in [5.41, 5.74) is 0. The lowest BCUT2D eigenvalue weighted by Crippen LogP contribution is -2.46. The number of nitrogens with one attached hydrogen (secondary N) is 1. The molecule has 0 aliphatic rings. The summed E-state index contributed by atoms with van der Waals surface area (Å²) in [7, 11) is 0. The Bertz CT molecular complexity index is 270. The van der Waals surface area contributed by atoms with Crippen molar-refractivity contribution in [2.45, 2.75) is 105 Å². The van der Waals surface area contributed by atoms with E-state index < -0.39 is 5.97 Å². The van der Waals surface area contributed by atoms with Crippen molar-refractivity contribution in [1.29, 1.82) is 0 Å². The third-order valence-corrected chi connectivity index (χ3v) is 4.85. The molecule has 4 nitrogen and oxygen atoms in total. The van der Waals surface area contributed by atoms with Gasteiger partial charge in [-0.25, -0.2) is 0 Å². The topological polar surface area (TPSA) is 39.7 Å². The SMILES string of the molecule is CCCCCCCCC(CCCCNCC)C(OCC)(OCC)OCC. The zero-order valence-corrected chi connectivity index (χ0v) is 18.4. The van der Waals surface area contributed by atoms with Gasteiger partial charge in [0.25, 0.3) is 5.97 Å². The van der Waals surface area contributed by atoms with Crippen LogP contribution in [0, 0.1) is 5.92 Å². The first kappa shape index (κ1) is 25.8. The number of hydrogen-bond donors (Lipinski definition) is 1. The van der Waals surface area contributed by atoms with E-state index in [2.05, 4.69) is 19.2 Å². The molecule has 0 bridgehead atoms. The van der Waals surface area contributed by atoms with Crippen molar-refractivity contribution in [2.75, 3.05) is 32.9 Å². The lowest BCUT2D eigenvalue weighted by molar-refractivity contribution is -0.403. The first-order valence-electron chi connectivity index (χ1n) is 11.3. The lowest BCUT2D eigenvalue weighted by atomic mass is 9.92. The summed E-state index contributed by atoms with van der Waals surface area (Å²) in [4.78, 5) is 0. The molecule has 0 aliphatic carbocycles. The van der Waals surface area contributed by atoms with Crippen molar-refractivity contribution >= 4 is 0 Å². The van der Waals surface area contributed by atoms with Crippen LogP contribution in [0.25, 0.3) is 0 Å². The van der Waals surface area contributed by atoms with Crippen LogP contribution in [0.5, 0.6) is 0 Å². The average molecular weight is 374 g/mol. The minimum atomic E-state index is -0.861. The molecule has 0 radical (unpaired) electrons. The molecule has 1 atom stereocenters. The maximum absolute atomic E-state index is 6.09. The minimum Gasteiger partial charge on any atom is -0.328 e. The second kappa shape index (κ2) is 18.2. The largest absolute Gasteiger partial charge is 0.328 e. The van der Waals surface area contributed by atoms with Crippen LogP contribution >= 0.6 is 0 Å². The van der Waals surface area contributed by atoms with E-state index >= 15 is 0 Å². The molecule has 158 valence electrons. The summed E-state index contributed by atoms with van der Waals surface area (Å²) in [6.45, 7) is 14.5. The molecule has 0 aliphatic heterocycles. The Labute approximate surface area is 163 Å². The van der Waals surface area contributed by atoms with E-state index in [0.29, 0.717) is 25.7 Å². The number of hydrogen-bond acceptors (Lipinski definition) is 4. The molecule has 0 amide bonds. The highest BCUT2D eigenvalue weighted by atomic mass is 16.9. The van der Waals surface area contributed by atoms with Crippen molar-refractivity contribution in [2.24, 2.45) is 5.92 Å². The van der Waals surface area contributed by atoms with Gasteiger partial charge < -0.3 is 19.5 Å². The quantitative estimate of drug-likeness (QED) is 0.213. The molecule has 1 unspecified atom stereocenters. The monoisotopic (exact) mass is 373 g/mol. The van der Waals surface area contributed by atoms with Crippen molar-refractivity contribution in [1.82, 2.24) is 5.32 Å². The van der Waals surface area contributed by atoms with Crippen LogP contribution in [0.4, 0.5) is 0 Å². The normalized spacial score (nSPS) is 13.3. The van der Waals surface area contributed by atoms with Crippen molar-refractivity contribution in [3.05, 3.63) is 0 Å². The standard InChI is InChI=1S/C22H47NO3/c1-6-11-12-13-14-15-18-21(19-16-17-20-23-7-2)22(24-8-3,25-9-4)26-10-5/h21,23H,6-20H2,1-5H3. The van der Waals surface area contributed by atoms with E-state index in [1.54, 1.807) is 0 Å². The van der Waals surface area contributed by atoms with E-state index in [-0.39, 0.29) is 0 Å². The second-order valence-electron chi connectivity index (χ2n) is 7.01. The predicted octanol–water partition coefficient (Wildman–Crippen LogP) is 5.90. The molecule has 0 aromatic rings. The molecule has 0 saturated carbocycles. The number of unbranched alkanes of at least 4 members (excludes halogenated alkanes) is 6. The summed E-state index contributed by atoms with van der Waals surface area (Å²) in [6, 6.07) is 0. The van der Waals surface area contributed by atoms with Gasteiger partial charge in [-0.05, 0) is 53.1 Å². The molecule has 0 rings (SSSR count). The maximum Gasteiger partial charge on any atom is 0.285 e.